The highest BCUT2D eigenvalue weighted by Gasteiger charge is 2.40. The van der Waals surface area contributed by atoms with Crippen molar-refractivity contribution in [3.8, 4) is 17.0 Å². The maximum atomic E-state index is 14.6. The third-order valence-electron chi connectivity index (χ3n) is 6.11. The minimum Gasteiger partial charge on any atom is -0.472 e. The van der Waals surface area contributed by atoms with Crippen molar-refractivity contribution in [3.05, 3.63) is 51.3 Å². The van der Waals surface area contributed by atoms with Crippen LogP contribution < -0.4 is 15.2 Å². The van der Waals surface area contributed by atoms with Crippen LogP contribution in [0.2, 0.25) is 5.02 Å². The number of alkyl halides is 1. The Morgan fingerprint density at radius 3 is 2.97 bits per heavy atom. The first-order chi connectivity index (χ1) is 15.8. The zero-order chi connectivity index (χ0) is 23.2. The lowest BCUT2D eigenvalue weighted by atomic mass is 10.0. The van der Waals surface area contributed by atoms with E-state index >= 15 is 0 Å². The standard InChI is InChI=1S/C22H24ClFN6O3/c1-13-19(14(2)30(28-13)10-22(24)11-32-12-22)15-3-5-25-18(7-15)33-16-4-6-29(9-16)17-8-26-27-21(31)20(17)23/h3,5,7-8,16H,4,6,9-12H2,1-2H3,(H,27,31)/t16-/m1/s1. The monoisotopic (exact) mass is 474 g/mol. The third-order valence-corrected chi connectivity index (χ3v) is 6.48. The Morgan fingerprint density at radius 2 is 2.21 bits per heavy atom. The van der Waals surface area contributed by atoms with Crippen molar-refractivity contribution in [2.45, 2.75) is 38.6 Å². The molecular weight excluding hydrogens is 451 g/mol. The summed E-state index contributed by atoms with van der Waals surface area (Å²) >= 11 is 6.14. The molecule has 174 valence electrons. The molecule has 0 unspecified atom stereocenters. The van der Waals surface area contributed by atoms with Gasteiger partial charge in [-0.15, -0.1) is 0 Å². The predicted molar refractivity (Wildman–Crippen MR) is 121 cm³/mol. The van der Waals surface area contributed by atoms with Crippen LogP contribution in [-0.2, 0) is 11.3 Å². The van der Waals surface area contributed by atoms with Gasteiger partial charge in [0.1, 0.15) is 11.1 Å². The number of hydrogen-bond acceptors (Lipinski definition) is 7. The van der Waals surface area contributed by atoms with Gasteiger partial charge in [-0.1, -0.05) is 11.6 Å². The molecule has 9 nitrogen and oxygen atoms in total. The summed E-state index contributed by atoms with van der Waals surface area (Å²) in [7, 11) is 0. The van der Waals surface area contributed by atoms with Crippen molar-refractivity contribution in [2.75, 3.05) is 31.2 Å². The Kier molecular flexibility index (Phi) is 5.57. The molecule has 0 aromatic carbocycles. The number of aromatic nitrogens is 5. The summed E-state index contributed by atoms with van der Waals surface area (Å²) in [5, 5.41) is 10.8. The van der Waals surface area contributed by atoms with E-state index in [1.165, 1.54) is 0 Å². The van der Waals surface area contributed by atoms with Crippen molar-refractivity contribution in [1.29, 1.82) is 0 Å². The summed E-state index contributed by atoms with van der Waals surface area (Å²) in [6.07, 6.45) is 3.89. The number of anilines is 1. The number of pyridine rings is 1. The number of halogens is 2. The predicted octanol–water partition coefficient (Wildman–Crippen LogP) is 2.69. The SMILES string of the molecule is Cc1nn(CC2(F)COC2)c(C)c1-c1ccnc(O[C@@H]2CCN(c3cn[nH]c(=O)c3Cl)C2)c1. The molecule has 1 N–H and O–H groups in total. The molecule has 3 aromatic rings. The Bertz CT molecular complexity index is 1240. The second-order valence-electron chi connectivity index (χ2n) is 8.60. The van der Waals surface area contributed by atoms with Crippen molar-refractivity contribution >= 4 is 17.3 Å². The molecule has 0 aliphatic carbocycles. The molecule has 2 aliphatic heterocycles. The number of aromatic amines is 1. The summed E-state index contributed by atoms with van der Waals surface area (Å²) < 4.78 is 27.4. The van der Waals surface area contributed by atoms with Gasteiger partial charge in [0.15, 0.2) is 5.67 Å². The van der Waals surface area contributed by atoms with E-state index in [0.717, 1.165) is 28.9 Å². The van der Waals surface area contributed by atoms with Crippen LogP contribution >= 0.6 is 11.6 Å². The third kappa shape index (κ3) is 4.20. The molecule has 2 fully saturated rings. The summed E-state index contributed by atoms with van der Waals surface area (Å²) in [4.78, 5) is 18.1. The summed E-state index contributed by atoms with van der Waals surface area (Å²) in [6.45, 7) is 5.48. The fourth-order valence-electron chi connectivity index (χ4n) is 4.39. The zero-order valence-corrected chi connectivity index (χ0v) is 19.1. The summed E-state index contributed by atoms with van der Waals surface area (Å²) in [6, 6.07) is 3.78. The van der Waals surface area contributed by atoms with Gasteiger partial charge in [-0.25, -0.2) is 14.5 Å². The van der Waals surface area contributed by atoms with Gasteiger partial charge in [0, 0.05) is 36.5 Å². The van der Waals surface area contributed by atoms with E-state index in [0.29, 0.717) is 24.7 Å². The largest absolute Gasteiger partial charge is 0.472 e. The zero-order valence-electron chi connectivity index (χ0n) is 18.3. The first kappa shape index (κ1) is 21.8. The molecule has 0 spiro atoms. The second kappa shape index (κ2) is 8.42. The maximum absolute atomic E-state index is 14.6. The van der Waals surface area contributed by atoms with Crippen LogP contribution in [0.15, 0.2) is 29.3 Å². The molecule has 1 atom stereocenters. The topological polar surface area (TPSA) is 98.2 Å². The van der Waals surface area contributed by atoms with E-state index in [1.807, 2.05) is 30.9 Å². The normalized spacial score (nSPS) is 19.5. The number of nitrogens with one attached hydrogen (secondary N) is 1. The molecule has 5 rings (SSSR count). The van der Waals surface area contributed by atoms with E-state index in [4.69, 9.17) is 21.1 Å². The number of nitrogens with zero attached hydrogens (tertiary/aromatic N) is 5. The van der Waals surface area contributed by atoms with Gasteiger partial charge in [-0.2, -0.15) is 10.2 Å². The van der Waals surface area contributed by atoms with Crippen LogP contribution in [0.1, 0.15) is 17.8 Å². The minimum absolute atomic E-state index is 0.102. The molecule has 11 heteroatoms. The lowest BCUT2D eigenvalue weighted by Gasteiger charge is -2.33. The van der Waals surface area contributed by atoms with Crippen LogP contribution in [0, 0.1) is 13.8 Å². The van der Waals surface area contributed by atoms with Crippen LogP contribution in [0.5, 0.6) is 5.88 Å². The lowest BCUT2D eigenvalue weighted by Crippen LogP contribution is -2.49. The fraction of sp³-hybridized carbons (Fsp3) is 0.455. The van der Waals surface area contributed by atoms with E-state index in [2.05, 4.69) is 20.3 Å². The molecule has 0 amide bonds. The number of ether oxygens (including phenoxy) is 2. The van der Waals surface area contributed by atoms with Gasteiger partial charge in [0.05, 0.1) is 43.9 Å². The van der Waals surface area contributed by atoms with E-state index in [9.17, 15) is 9.18 Å². The Hall–Kier alpha value is -2.98. The highest BCUT2D eigenvalue weighted by molar-refractivity contribution is 6.33. The first-order valence-electron chi connectivity index (χ1n) is 10.7. The first-order valence-corrected chi connectivity index (χ1v) is 11.1. The van der Waals surface area contributed by atoms with Gasteiger partial charge in [-0.05, 0) is 25.5 Å². The number of H-pyrrole nitrogens is 1. The smallest absolute Gasteiger partial charge is 0.285 e. The van der Waals surface area contributed by atoms with Gasteiger partial charge in [0.25, 0.3) is 5.56 Å². The summed E-state index contributed by atoms with van der Waals surface area (Å²) in [5.74, 6) is 0.496. The van der Waals surface area contributed by atoms with Crippen molar-refractivity contribution in [3.63, 3.8) is 0 Å². The molecule has 0 saturated carbocycles. The second-order valence-corrected chi connectivity index (χ2v) is 8.98. The Labute approximate surface area is 194 Å². The van der Waals surface area contributed by atoms with Crippen LogP contribution in [0.25, 0.3) is 11.1 Å². The Balaban J connectivity index is 1.32. The van der Waals surface area contributed by atoms with Crippen LogP contribution in [-0.4, -0.2) is 63.0 Å². The van der Waals surface area contributed by atoms with Crippen molar-refractivity contribution in [2.24, 2.45) is 0 Å². The van der Waals surface area contributed by atoms with Crippen LogP contribution in [0.4, 0.5) is 10.1 Å². The number of aryl methyl sites for hydroxylation is 1. The van der Waals surface area contributed by atoms with E-state index in [-0.39, 0.29) is 30.9 Å². The average molecular weight is 475 g/mol. The van der Waals surface area contributed by atoms with E-state index in [1.54, 1.807) is 17.1 Å². The van der Waals surface area contributed by atoms with Crippen molar-refractivity contribution < 1.29 is 13.9 Å². The Morgan fingerprint density at radius 1 is 1.39 bits per heavy atom. The summed E-state index contributed by atoms with van der Waals surface area (Å²) in [5.41, 5.74) is 2.38. The quantitative estimate of drug-likeness (QED) is 0.586. The highest BCUT2D eigenvalue weighted by Crippen LogP contribution is 2.32. The van der Waals surface area contributed by atoms with E-state index < -0.39 is 11.2 Å². The lowest BCUT2D eigenvalue weighted by molar-refractivity contribution is -0.139. The molecule has 3 aromatic heterocycles. The average Bonchev–Trinajstić information content (AvgIpc) is 3.33. The molecule has 0 bridgehead atoms. The molecule has 2 aliphatic rings. The van der Waals surface area contributed by atoms with Gasteiger partial charge >= 0.3 is 0 Å². The molecule has 2 saturated heterocycles. The van der Waals surface area contributed by atoms with Gasteiger partial charge < -0.3 is 14.4 Å². The maximum Gasteiger partial charge on any atom is 0.285 e. The minimum atomic E-state index is -1.36. The van der Waals surface area contributed by atoms with Crippen molar-refractivity contribution in [1.82, 2.24) is 25.0 Å². The fourth-order valence-corrected chi connectivity index (χ4v) is 4.60. The number of hydrogen-bond donors (Lipinski definition) is 1. The van der Waals surface area contributed by atoms with Gasteiger partial charge in [-0.3, -0.25) is 9.48 Å². The highest BCUT2D eigenvalue weighted by atomic mass is 35.5. The molecule has 5 heterocycles. The number of rotatable bonds is 6. The van der Waals surface area contributed by atoms with Crippen LogP contribution in [0.3, 0.4) is 0 Å². The molecular formula is C22H24ClFN6O3. The van der Waals surface area contributed by atoms with Gasteiger partial charge in [0.2, 0.25) is 5.88 Å². The molecule has 0 radical (unpaired) electrons. The molecule has 33 heavy (non-hydrogen) atoms.